The van der Waals surface area contributed by atoms with Gasteiger partial charge in [-0.05, 0) is 26.1 Å². The van der Waals surface area contributed by atoms with Crippen molar-refractivity contribution in [3.63, 3.8) is 0 Å². The van der Waals surface area contributed by atoms with Gasteiger partial charge in [-0.25, -0.2) is 13.1 Å². The summed E-state index contributed by atoms with van der Waals surface area (Å²) in [5.74, 6) is 0.159. The van der Waals surface area contributed by atoms with Crippen LogP contribution in [0, 0.1) is 12.8 Å². The van der Waals surface area contributed by atoms with Gasteiger partial charge < -0.3 is 10.2 Å². The molecule has 0 radical (unpaired) electrons. The van der Waals surface area contributed by atoms with Crippen LogP contribution in [0.4, 0.5) is 0 Å². The molecule has 1 heterocycles. The second-order valence-corrected chi connectivity index (χ2v) is 8.60. The molecular weight excluding hydrogens is 423 g/mol. The second kappa shape index (κ2) is 12.6. The highest BCUT2D eigenvalue weighted by molar-refractivity contribution is 7.89. The van der Waals surface area contributed by atoms with E-state index in [1.165, 1.54) is 0 Å². The Bertz CT molecular complexity index is 693. The molecule has 1 aliphatic heterocycles. The first-order valence-electron chi connectivity index (χ1n) is 9.05. The number of aryl methyl sites for hydroxylation is 1. The van der Waals surface area contributed by atoms with Gasteiger partial charge in [0.25, 0.3) is 0 Å². The molecule has 1 atom stereocenters. The molecule has 7 nitrogen and oxygen atoms in total. The van der Waals surface area contributed by atoms with Gasteiger partial charge in [-0.3, -0.25) is 9.69 Å². The van der Waals surface area contributed by atoms with Crippen molar-refractivity contribution in [2.45, 2.75) is 18.7 Å². The molecule has 0 spiro atoms. The fourth-order valence-electron chi connectivity index (χ4n) is 3.04. The van der Waals surface area contributed by atoms with E-state index in [1.807, 2.05) is 25.8 Å². The number of halogens is 2. The van der Waals surface area contributed by atoms with Crippen molar-refractivity contribution < 1.29 is 13.2 Å². The molecule has 0 bridgehead atoms. The summed E-state index contributed by atoms with van der Waals surface area (Å²) in [5.41, 5.74) is 1.03. The molecule has 1 unspecified atom stereocenters. The van der Waals surface area contributed by atoms with E-state index in [2.05, 4.69) is 14.9 Å². The lowest BCUT2D eigenvalue weighted by molar-refractivity contribution is -0.136. The van der Waals surface area contributed by atoms with Gasteiger partial charge in [0.2, 0.25) is 15.9 Å². The first kappa shape index (κ1) is 27.1. The van der Waals surface area contributed by atoms with Crippen molar-refractivity contribution >= 4 is 40.7 Å². The van der Waals surface area contributed by atoms with Gasteiger partial charge in [0.05, 0.1) is 4.90 Å². The van der Waals surface area contributed by atoms with Gasteiger partial charge in [-0.2, -0.15) is 0 Å². The number of hydrogen-bond acceptors (Lipinski definition) is 5. The normalized spacial score (nSPS) is 16.0. The number of nitrogens with zero attached hydrogens (tertiary/aromatic N) is 2. The largest absolute Gasteiger partial charge is 0.340 e. The average molecular weight is 455 g/mol. The average Bonchev–Trinajstić information content (AvgIpc) is 2.62. The Labute approximate surface area is 181 Å². The van der Waals surface area contributed by atoms with Crippen LogP contribution in [0.1, 0.15) is 12.5 Å². The summed E-state index contributed by atoms with van der Waals surface area (Å²) in [5, 5.41) is 3.03. The minimum absolute atomic E-state index is 0. The quantitative estimate of drug-likeness (QED) is 0.614. The van der Waals surface area contributed by atoms with Gasteiger partial charge in [0, 0.05) is 51.7 Å². The zero-order valence-corrected chi connectivity index (χ0v) is 19.1. The number of hydrogen-bond donors (Lipinski definition) is 2. The lowest BCUT2D eigenvalue weighted by Gasteiger charge is -2.36. The lowest BCUT2D eigenvalue weighted by Crippen LogP contribution is -2.52. The maximum absolute atomic E-state index is 12.3. The third-order valence-corrected chi connectivity index (χ3v) is 6.14. The molecule has 10 heteroatoms. The summed E-state index contributed by atoms with van der Waals surface area (Å²) in [6, 6.07) is 6.82. The number of amides is 1. The molecule has 1 saturated heterocycles. The van der Waals surface area contributed by atoms with Crippen molar-refractivity contribution in [1.82, 2.24) is 19.8 Å². The van der Waals surface area contributed by atoms with Gasteiger partial charge in [-0.1, -0.05) is 24.6 Å². The molecule has 0 aromatic heterocycles. The van der Waals surface area contributed by atoms with Crippen molar-refractivity contribution in [2.75, 3.05) is 52.9 Å². The van der Waals surface area contributed by atoms with Gasteiger partial charge in [0.1, 0.15) is 0 Å². The van der Waals surface area contributed by atoms with Crippen molar-refractivity contribution in [1.29, 1.82) is 0 Å². The highest BCUT2D eigenvalue weighted by atomic mass is 35.5. The first-order chi connectivity index (χ1) is 12.3. The number of sulfonamides is 1. The number of rotatable bonds is 8. The van der Waals surface area contributed by atoms with Crippen molar-refractivity contribution in [3.05, 3.63) is 29.8 Å². The monoisotopic (exact) mass is 454 g/mol. The molecule has 0 aliphatic carbocycles. The topological polar surface area (TPSA) is 81.8 Å². The second-order valence-electron chi connectivity index (χ2n) is 6.84. The standard InChI is InChI=1S/C18H30N4O3S.2ClH/c1-15-4-6-17(7-5-15)26(24,25)20-8-9-21-10-12-22(13-11-21)18(23)16(2)14-19-3;;/h4-7,16,19-20H,8-14H2,1-3H3;2*1H. The summed E-state index contributed by atoms with van der Waals surface area (Å²) in [4.78, 5) is 16.7. The Morgan fingerprint density at radius 1 is 1.11 bits per heavy atom. The Hall–Kier alpha value is -0.900. The highest BCUT2D eigenvalue weighted by Crippen LogP contribution is 2.10. The molecule has 2 rings (SSSR count). The number of benzene rings is 1. The number of carbonyl (C=O) groups excluding carboxylic acids is 1. The van der Waals surface area contributed by atoms with E-state index in [0.717, 1.165) is 18.7 Å². The molecule has 1 aromatic carbocycles. The third kappa shape index (κ3) is 7.85. The molecule has 1 aromatic rings. The molecule has 1 aliphatic rings. The maximum Gasteiger partial charge on any atom is 0.240 e. The summed E-state index contributed by atoms with van der Waals surface area (Å²) in [7, 11) is -1.62. The zero-order valence-electron chi connectivity index (χ0n) is 16.7. The molecule has 2 N–H and O–H groups in total. The minimum Gasteiger partial charge on any atom is -0.340 e. The van der Waals surface area contributed by atoms with Crippen LogP contribution in [0.25, 0.3) is 0 Å². The predicted molar refractivity (Wildman–Crippen MR) is 117 cm³/mol. The summed E-state index contributed by atoms with van der Waals surface area (Å²) >= 11 is 0. The van der Waals surface area contributed by atoms with Gasteiger partial charge in [0.15, 0.2) is 0 Å². The fraction of sp³-hybridized carbons (Fsp3) is 0.611. The van der Waals surface area contributed by atoms with Gasteiger partial charge >= 0.3 is 0 Å². The zero-order chi connectivity index (χ0) is 19.2. The van der Waals surface area contributed by atoms with Crippen LogP contribution in [-0.4, -0.2) is 77.0 Å². The fourth-order valence-corrected chi connectivity index (χ4v) is 4.06. The smallest absolute Gasteiger partial charge is 0.240 e. The molecule has 1 amide bonds. The van der Waals surface area contributed by atoms with Crippen molar-refractivity contribution in [2.24, 2.45) is 5.92 Å². The molecule has 1 fully saturated rings. The third-order valence-electron chi connectivity index (χ3n) is 4.67. The Balaban J connectivity index is 0.00000364. The number of carbonyl (C=O) groups is 1. The van der Waals surface area contributed by atoms with Crippen LogP contribution in [-0.2, 0) is 14.8 Å². The minimum atomic E-state index is -3.47. The lowest BCUT2D eigenvalue weighted by atomic mass is 10.1. The van der Waals surface area contributed by atoms with E-state index in [9.17, 15) is 13.2 Å². The summed E-state index contributed by atoms with van der Waals surface area (Å²) < 4.78 is 27.2. The maximum atomic E-state index is 12.3. The predicted octanol–water partition coefficient (Wildman–Crippen LogP) is 1.12. The Kier molecular flexibility index (Phi) is 12.2. The SMILES string of the molecule is CNCC(C)C(=O)N1CCN(CCNS(=O)(=O)c2ccc(C)cc2)CC1.Cl.Cl. The van der Waals surface area contributed by atoms with Gasteiger partial charge in [-0.15, -0.1) is 24.8 Å². The number of nitrogens with one attached hydrogen (secondary N) is 2. The molecular formula is C18H32Cl2N4O3S. The first-order valence-corrected chi connectivity index (χ1v) is 10.5. The van der Waals surface area contributed by atoms with E-state index < -0.39 is 10.0 Å². The summed E-state index contributed by atoms with van der Waals surface area (Å²) in [6.45, 7) is 8.46. The van der Waals surface area contributed by atoms with Crippen LogP contribution >= 0.6 is 24.8 Å². The van der Waals surface area contributed by atoms with E-state index in [0.29, 0.717) is 32.7 Å². The van der Waals surface area contributed by atoms with E-state index in [-0.39, 0.29) is 41.5 Å². The van der Waals surface area contributed by atoms with Crippen LogP contribution < -0.4 is 10.0 Å². The molecule has 0 saturated carbocycles. The highest BCUT2D eigenvalue weighted by Gasteiger charge is 2.24. The Morgan fingerprint density at radius 3 is 2.21 bits per heavy atom. The van der Waals surface area contributed by atoms with Crippen LogP contribution in [0.5, 0.6) is 0 Å². The van der Waals surface area contributed by atoms with Crippen molar-refractivity contribution in [3.8, 4) is 0 Å². The molecule has 28 heavy (non-hydrogen) atoms. The van der Waals surface area contributed by atoms with Crippen LogP contribution in [0.15, 0.2) is 29.2 Å². The Morgan fingerprint density at radius 2 is 1.68 bits per heavy atom. The van der Waals surface area contributed by atoms with Crippen LogP contribution in [0.3, 0.4) is 0 Å². The van der Waals surface area contributed by atoms with E-state index in [1.54, 1.807) is 24.3 Å². The molecule has 162 valence electrons. The van der Waals surface area contributed by atoms with Crippen LogP contribution in [0.2, 0.25) is 0 Å². The van der Waals surface area contributed by atoms with E-state index >= 15 is 0 Å². The summed E-state index contributed by atoms with van der Waals surface area (Å²) in [6.07, 6.45) is 0. The van der Waals surface area contributed by atoms with E-state index in [4.69, 9.17) is 0 Å². The number of piperazine rings is 1.